The number of aliphatic imine (C=N–C) groups is 2. The number of aromatic hydroxyl groups is 2. The van der Waals surface area contributed by atoms with E-state index in [9.17, 15) is 62.9 Å². The van der Waals surface area contributed by atoms with Gasteiger partial charge in [-0.2, -0.15) is 52.7 Å². The first-order chi connectivity index (χ1) is 20.2. The molecule has 0 radical (unpaired) electrons. The Morgan fingerprint density at radius 2 is 0.818 bits per heavy atom. The molecule has 0 aromatic heterocycles. The first kappa shape index (κ1) is 32.2. The fourth-order valence-electron chi connectivity index (χ4n) is 3.97. The van der Waals surface area contributed by atoms with Crippen LogP contribution in [-0.4, -0.2) is 22.6 Å². The molecule has 2 N–H and O–H groups in total. The summed E-state index contributed by atoms with van der Waals surface area (Å²) >= 11 is 0. The van der Waals surface area contributed by atoms with Gasteiger partial charge >= 0.3 is 24.7 Å². The third kappa shape index (κ3) is 6.89. The monoisotopic (exact) mass is 638 g/mol. The molecule has 0 fully saturated rings. The Morgan fingerprint density at radius 3 is 1.11 bits per heavy atom. The summed E-state index contributed by atoms with van der Waals surface area (Å²) in [5.74, 6) is -3.18. The van der Waals surface area contributed by atoms with Gasteiger partial charge in [-0.3, -0.25) is 9.98 Å². The molecule has 0 saturated carbocycles. The van der Waals surface area contributed by atoms with Crippen molar-refractivity contribution < 1.29 is 62.9 Å². The molecule has 0 aliphatic carbocycles. The molecule has 0 bridgehead atoms. The average Bonchev–Trinajstić information content (AvgIpc) is 2.89. The van der Waals surface area contributed by atoms with Crippen molar-refractivity contribution in [2.75, 3.05) is 0 Å². The number of phenols is 2. The van der Waals surface area contributed by atoms with Gasteiger partial charge in [-0.15, -0.1) is 0 Å². The second kappa shape index (κ2) is 11.1. The zero-order valence-corrected chi connectivity index (χ0v) is 21.3. The van der Waals surface area contributed by atoms with Crippen LogP contribution in [-0.2, 0) is 24.7 Å². The van der Waals surface area contributed by atoms with E-state index >= 15 is 0 Å². The van der Waals surface area contributed by atoms with Gasteiger partial charge in [0.25, 0.3) is 0 Å². The molecule has 0 aliphatic heterocycles. The van der Waals surface area contributed by atoms with E-state index < -0.39 is 69.6 Å². The summed E-state index contributed by atoms with van der Waals surface area (Å²) in [4.78, 5) is 7.65. The van der Waals surface area contributed by atoms with Gasteiger partial charge in [0.15, 0.2) is 0 Å². The van der Waals surface area contributed by atoms with E-state index in [1.165, 1.54) is 24.3 Å². The summed E-state index contributed by atoms with van der Waals surface area (Å²) in [5, 5.41) is 20.9. The summed E-state index contributed by atoms with van der Waals surface area (Å²) in [6.45, 7) is 0. The molecule has 4 aromatic carbocycles. The maximum atomic E-state index is 13.3. The van der Waals surface area contributed by atoms with Gasteiger partial charge < -0.3 is 10.2 Å². The predicted octanol–water partition coefficient (Wildman–Crippen LogP) is 9.83. The van der Waals surface area contributed by atoms with E-state index in [4.69, 9.17) is 0 Å². The predicted molar refractivity (Wildman–Crippen MR) is 135 cm³/mol. The van der Waals surface area contributed by atoms with E-state index in [-0.39, 0.29) is 35.6 Å². The van der Waals surface area contributed by atoms with E-state index in [1.54, 1.807) is 12.1 Å². The van der Waals surface area contributed by atoms with Crippen LogP contribution in [0.3, 0.4) is 0 Å². The molecule has 0 aliphatic rings. The van der Waals surface area contributed by atoms with Crippen molar-refractivity contribution in [3.63, 3.8) is 0 Å². The number of phenolic OH excluding ortho intramolecular Hbond substituents is 2. The maximum Gasteiger partial charge on any atom is 0.419 e. The number of nitrogens with zero attached hydrogens (tertiary/aromatic N) is 2. The lowest BCUT2D eigenvalue weighted by molar-refractivity contribution is -0.145. The van der Waals surface area contributed by atoms with Crippen LogP contribution >= 0.6 is 0 Å². The summed E-state index contributed by atoms with van der Waals surface area (Å²) in [6, 6.07) is 8.36. The molecule has 0 unspecified atom stereocenters. The molecule has 16 heteroatoms. The van der Waals surface area contributed by atoms with Crippen LogP contribution in [0.4, 0.5) is 64.1 Å². The minimum Gasteiger partial charge on any atom is -0.507 e. The van der Waals surface area contributed by atoms with Gasteiger partial charge in [-0.1, -0.05) is 24.3 Å². The van der Waals surface area contributed by atoms with Crippen molar-refractivity contribution in [2.24, 2.45) is 9.98 Å². The number of halogens is 12. The zero-order chi connectivity index (χ0) is 32.8. The Morgan fingerprint density at radius 1 is 0.477 bits per heavy atom. The largest absolute Gasteiger partial charge is 0.507 e. The molecular formula is C28H14F12N2O2. The minimum atomic E-state index is -5.39. The Balaban J connectivity index is 1.90. The van der Waals surface area contributed by atoms with Gasteiger partial charge in [0.05, 0.1) is 33.6 Å². The maximum absolute atomic E-state index is 13.3. The zero-order valence-electron chi connectivity index (χ0n) is 21.3. The molecule has 44 heavy (non-hydrogen) atoms. The lowest BCUT2D eigenvalue weighted by Gasteiger charge is -2.15. The second-order valence-corrected chi connectivity index (χ2v) is 9.12. The van der Waals surface area contributed by atoms with Crippen LogP contribution in [0.25, 0.3) is 10.8 Å². The van der Waals surface area contributed by atoms with E-state index in [0.29, 0.717) is 23.2 Å². The van der Waals surface area contributed by atoms with Crippen molar-refractivity contribution in [2.45, 2.75) is 24.7 Å². The number of hydrogen-bond acceptors (Lipinski definition) is 4. The third-order valence-electron chi connectivity index (χ3n) is 6.07. The van der Waals surface area contributed by atoms with Gasteiger partial charge in [-0.05, 0) is 47.2 Å². The Kier molecular flexibility index (Phi) is 8.09. The van der Waals surface area contributed by atoms with Crippen LogP contribution in [0, 0.1) is 0 Å². The molecule has 0 atom stereocenters. The van der Waals surface area contributed by atoms with E-state index in [2.05, 4.69) is 9.98 Å². The molecule has 4 rings (SSSR count). The van der Waals surface area contributed by atoms with Crippen LogP contribution in [0.1, 0.15) is 33.4 Å². The molecule has 4 nitrogen and oxygen atoms in total. The normalized spacial score (nSPS) is 13.5. The minimum absolute atomic E-state index is 0.192. The molecule has 0 saturated heterocycles. The van der Waals surface area contributed by atoms with Gasteiger partial charge in [0.1, 0.15) is 11.5 Å². The van der Waals surface area contributed by atoms with Crippen molar-refractivity contribution in [3.8, 4) is 11.5 Å². The van der Waals surface area contributed by atoms with Crippen molar-refractivity contribution in [3.05, 3.63) is 94.0 Å². The lowest BCUT2D eigenvalue weighted by Crippen LogP contribution is -2.12. The Bertz CT molecular complexity index is 1650. The fraction of sp³-hybridized carbons (Fsp3) is 0.143. The topological polar surface area (TPSA) is 65.2 Å². The smallest absolute Gasteiger partial charge is 0.419 e. The summed E-state index contributed by atoms with van der Waals surface area (Å²) < 4.78 is 160. The molecule has 0 heterocycles. The van der Waals surface area contributed by atoms with Crippen LogP contribution in [0.2, 0.25) is 0 Å². The highest BCUT2D eigenvalue weighted by atomic mass is 19.4. The average molecular weight is 638 g/mol. The standard InChI is InChI=1S/C28H14F12N2O2/c29-25(30,31)17-5-15(23(43)19(9-17)27(35,36)37)11-41-21-7-13-3-1-2-4-14(13)8-22(21)42-12-16-6-18(26(32,33)34)10-20(24(16)44)28(38,39)40/h1-12,43-44H. The number of hydrogen-bond donors (Lipinski definition) is 2. The van der Waals surface area contributed by atoms with E-state index in [0.717, 1.165) is 0 Å². The Hall–Kier alpha value is -4.76. The molecule has 4 aromatic rings. The molecule has 0 amide bonds. The first-order valence-corrected chi connectivity index (χ1v) is 11.8. The number of fused-ring (bicyclic) bond motifs is 1. The van der Waals surface area contributed by atoms with Crippen molar-refractivity contribution in [1.82, 2.24) is 0 Å². The number of alkyl halides is 12. The van der Waals surface area contributed by atoms with Crippen LogP contribution in [0.5, 0.6) is 11.5 Å². The Labute approximate surface area is 238 Å². The summed E-state index contributed by atoms with van der Waals surface area (Å²) in [5.41, 5.74) is -10.2. The highest BCUT2D eigenvalue weighted by molar-refractivity contribution is 5.96. The molecule has 232 valence electrons. The van der Waals surface area contributed by atoms with Gasteiger partial charge in [0, 0.05) is 23.6 Å². The molecular weight excluding hydrogens is 624 g/mol. The molecule has 0 spiro atoms. The summed E-state index contributed by atoms with van der Waals surface area (Å²) in [7, 11) is 0. The van der Waals surface area contributed by atoms with Crippen molar-refractivity contribution >= 4 is 34.6 Å². The lowest BCUT2D eigenvalue weighted by atomic mass is 10.0. The quantitative estimate of drug-likeness (QED) is 0.173. The highest BCUT2D eigenvalue weighted by Crippen LogP contribution is 2.44. The summed E-state index contributed by atoms with van der Waals surface area (Å²) in [6.07, 6.45) is -20.4. The first-order valence-electron chi connectivity index (χ1n) is 11.8. The van der Waals surface area contributed by atoms with Gasteiger partial charge in [0.2, 0.25) is 0 Å². The van der Waals surface area contributed by atoms with E-state index in [1.807, 2.05) is 0 Å². The number of rotatable bonds is 4. The van der Waals surface area contributed by atoms with Gasteiger partial charge in [-0.25, -0.2) is 0 Å². The number of benzene rings is 4. The third-order valence-corrected chi connectivity index (χ3v) is 6.07. The fourth-order valence-corrected chi connectivity index (χ4v) is 3.97. The van der Waals surface area contributed by atoms with Crippen LogP contribution in [0.15, 0.2) is 70.6 Å². The second-order valence-electron chi connectivity index (χ2n) is 9.12. The van der Waals surface area contributed by atoms with Crippen LogP contribution < -0.4 is 0 Å². The van der Waals surface area contributed by atoms with Crippen molar-refractivity contribution in [1.29, 1.82) is 0 Å². The highest BCUT2D eigenvalue weighted by Gasteiger charge is 2.41. The SMILES string of the molecule is Oc1c(C=Nc2cc3ccccc3cc2N=Cc2cc(C(F)(F)F)cc(C(F)(F)F)c2O)cc(C(F)(F)F)cc1C(F)(F)F.